The van der Waals surface area contributed by atoms with Crippen molar-refractivity contribution in [1.82, 2.24) is 9.88 Å². The number of nitrogens with zero attached hydrogens (tertiary/aromatic N) is 2. The molecule has 16 heavy (non-hydrogen) atoms. The predicted molar refractivity (Wildman–Crippen MR) is 62.7 cm³/mol. The topological polar surface area (TPSA) is 33.2 Å². The monoisotopic (exact) mass is 216 g/mol. The fraction of sp³-hybridized carbons (Fsp3) is 0.385. The maximum absolute atomic E-state index is 11.7. The summed E-state index contributed by atoms with van der Waals surface area (Å²) in [5, 5.41) is 0. The first kappa shape index (κ1) is 10.9. The molecule has 3 heteroatoms. The van der Waals surface area contributed by atoms with Crippen molar-refractivity contribution in [3.05, 3.63) is 42.2 Å². The standard InChI is InChI=1S/C13H16N2O/c1-3-11-7-13(16)15(8-11)9-12-6-10(2)4-5-14-12/h3-6,11H,1,7-9H2,2H3. The predicted octanol–water partition coefficient (Wildman–Crippen LogP) is 1.92. The van der Waals surface area contributed by atoms with Gasteiger partial charge in [0.2, 0.25) is 5.91 Å². The Bertz CT molecular complexity index is 414. The minimum atomic E-state index is 0.202. The molecule has 1 aromatic rings. The molecule has 1 aliphatic heterocycles. The Morgan fingerprint density at radius 2 is 2.50 bits per heavy atom. The van der Waals surface area contributed by atoms with Crippen LogP contribution in [-0.2, 0) is 11.3 Å². The zero-order chi connectivity index (χ0) is 11.5. The lowest BCUT2D eigenvalue weighted by Gasteiger charge is -2.15. The third-order valence-corrected chi connectivity index (χ3v) is 2.90. The Kier molecular flexibility index (Phi) is 3.04. The molecule has 1 atom stereocenters. The number of hydrogen-bond acceptors (Lipinski definition) is 2. The van der Waals surface area contributed by atoms with E-state index >= 15 is 0 Å². The quantitative estimate of drug-likeness (QED) is 0.723. The summed E-state index contributed by atoms with van der Waals surface area (Å²) in [5.41, 5.74) is 2.13. The summed E-state index contributed by atoms with van der Waals surface area (Å²) in [6.07, 6.45) is 4.24. The lowest BCUT2D eigenvalue weighted by molar-refractivity contribution is -0.128. The van der Waals surface area contributed by atoms with Crippen molar-refractivity contribution in [2.75, 3.05) is 6.54 Å². The minimum Gasteiger partial charge on any atom is -0.336 e. The summed E-state index contributed by atoms with van der Waals surface area (Å²) >= 11 is 0. The van der Waals surface area contributed by atoms with Gasteiger partial charge in [0, 0.05) is 25.1 Å². The third-order valence-electron chi connectivity index (χ3n) is 2.90. The first-order valence-corrected chi connectivity index (χ1v) is 5.51. The molecular weight excluding hydrogens is 200 g/mol. The van der Waals surface area contributed by atoms with E-state index < -0.39 is 0 Å². The van der Waals surface area contributed by atoms with Crippen LogP contribution in [0.1, 0.15) is 17.7 Å². The number of likely N-dealkylation sites (tertiary alicyclic amines) is 1. The molecule has 1 aliphatic rings. The van der Waals surface area contributed by atoms with Crippen LogP contribution in [0.15, 0.2) is 31.0 Å². The number of hydrogen-bond donors (Lipinski definition) is 0. The fourth-order valence-corrected chi connectivity index (χ4v) is 1.99. The number of amides is 1. The summed E-state index contributed by atoms with van der Waals surface area (Å²) < 4.78 is 0. The second-order valence-electron chi connectivity index (χ2n) is 4.30. The average Bonchev–Trinajstić information content (AvgIpc) is 2.60. The molecule has 2 heterocycles. The highest BCUT2D eigenvalue weighted by Gasteiger charge is 2.27. The van der Waals surface area contributed by atoms with E-state index in [0.29, 0.717) is 18.9 Å². The van der Waals surface area contributed by atoms with Gasteiger partial charge in [0.05, 0.1) is 12.2 Å². The molecule has 1 unspecified atom stereocenters. The molecule has 0 bridgehead atoms. The molecule has 0 aromatic carbocycles. The molecule has 0 radical (unpaired) electrons. The summed E-state index contributed by atoms with van der Waals surface area (Å²) in [6.45, 7) is 7.16. The van der Waals surface area contributed by atoms with Crippen molar-refractivity contribution in [1.29, 1.82) is 0 Å². The highest BCUT2D eigenvalue weighted by Crippen LogP contribution is 2.20. The Hall–Kier alpha value is -1.64. The van der Waals surface area contributed by atoms with Crippen molar-refractivity contribution in [3.8, 4) is 0 Å². The molecule has 1 saturated heterocycles. The van der Waals surface area contributed by atoms with Crippen molar-refractivity contribution in [2.24, 2.45) is 5.92 Å². The van der Waals surface area contributed by atoms with E-state index in [2.05, 4.69) is 11.6 Å². The van der Waals surface area contributed by atoms with E-state index in [9.17, 15) is 4.79 Å². The Morgan fingerprint density at radius 3 is 3.12 bits per heavy atom. The molecular formula is C13H16N2O. The maximum Gasteiger partial charge on any atom is 0.223 e. The summed E-state index contributed by atoms with van der Waals surface area (Å²) in [5.74, 6) is 0.505. The van der Waals surface area contributed by atoms with E-state index in [1.54, 1.807) is 6.20 Å². The second-order valence-corrected chi connectivity index (χ2v) is 4.30. The van der Waals surface area contributed by atoms with E-state index in [1.165, 1.54) is 5.56 Å². The molecule has 1 fully saturated rings. The first-order chi connectivity index (χ1) is 7.69. The van der Waals surface area contributed by atoms with Crippen LogP contribution in [0.25, 0.3) is 0 Å². The zero-order valence-electron chi connectivity index (χ0n) is 9.52. The van der Waals surface area contributed by atoms with Crippen LogP contribution < -0.4 is 0 Å². The molecule has 0 N–H and O–H groups in total. The zero-order valence-corrected chi connectivity index (χ0v) is 9.52. The van der Waals surface area contributed by atoms with Crippen LogP contribution in [0.5, 0.6) is 0 Å². The molecule has 1 aromatic heterocycles. The lowest BCUT2D eigenvalue weighted by atomic mass is 10.1. The molecule has 1 amide bonds. The van der Waals surface area contributed by atoms with Gasteiger partial charge < -0.3 is 4.90 Å². The van der Waals surface area contributed by atoms with Crippen molar-refractivity contribution >= 4 is 5.91 Å². The van der Waals surface area contributed by atoms with E-state index in [0.717, 1.165) is 12.2 Å². The SMILES string of the molecule is C=CC1CC(=O)N(Cc2cc(C)ccn2)C1. The van der Waals surface area contributed by atoms with Crippen molar-refractivity contribution in [3.63, 3.8) is 0 Å². The van der Waals surface area contributed by atoms with E-state index in [-0.39, 0.29) is 5.91 Å². The van der Waals surface area contributed by atoms with Crippen molar-refractivity contribution < 1.29 is 4.79 Å². The Labute approximate surface area is 95.8 Å². The van der Waals surface area contributed by atoms with E-state index in [1.807, 2.05) is 30.0 Å². The van der Waals surface area contributed by atoms with Crippen LogP contribution in [0.2, 0.25) is 0 Å². The van der Waals surface area contributed by atoms with Gasteiger partial charge in [-0.25, -0.2) is 0 Å². The maximum atomic E-state index is 11.7. The Morgan fingerprint density at radius 1 is 1.69 bits per heavy atom. The highest BCUT2D eigenvalue weighted by atomic mass is 16.2. The van der Waals surface area contributed by atoms with Gasteiger partial charge >= 0.3 is 0 Å². The van der Waals surface area contributed by atoms with Crippen LogP contribution in [0, 0.1) is 12.8 Å². The number of aromatic nitrogens is 1. The summed E-state index contributed by atoms with van der Waals surface area (Å²) in [4.78, 5) is 17.8. The van der Waals surface area contributed by atoms with Crippen LogP contribution >= 0.6 is 0 Å². The van der Waals surface area contributed by atoms with Gasteiger partial charge in [0.1, 0.15) is 0 Å². The number of rotatable bonds is 3. The Balaban J connectivity index is 2.05. The van der Waals surface area contributed by atoms with Gasteiger partial charge in [-0.1, -0.05) is 6.08 Å². The highest BCUT2D eigenvalue weighted by molar-refractivity contribution is 5.78. The number of pyridine rings is 1. The van der Waals surface area contributed by atoms with Gasteiger partial charge in [-0.3, -0.25) is 9.78 Å². The van der Waals surface area contributed by atoms with Gasteiger partial charge in [0.15, 0.2) is 0 Å². The summed E-state index contributed by atoms with van der Waals surface area (Å²) in [6, 6.07) is 3.98. The smallest absolute Gasteiger partial charge is 0.223 e. The number of aryl methyl sites for hydroxylation is 1. The molecule has 2 rings (SSSR count). The molecule has 0 aliphatic carbocycles. The third kappa shape index (κ3) is 2.30. The minimum absolute atomic E-state index is 0.202. The van der Waals surface area contributed by atoms with Gasteiger partial charge in [0.25, 0.3) is 0 Å². The second kappa shape index (κ2) is 4.47. The molecule has 84 valence electrons. The van der Waals surface area contributed by atoms with Gasteiger partial charge in [-0.2, -0.15) is 0 Å². The average molecular weight is 216 g/mol. The van der Waals surface area contributed by atoms with Crippen LogP contribution in [0.4, 0.5) is 0 Å². The lowest BCUT2D eigenvalue weighted by Crippen LogP contribution is -2.24. The number of carbonyl (C=O) groups is 1. The van der Waals surface area contributed by atoms with Gasteiger partial charge in [-0.15, -0.1) is 6.58 Å². The van der Waals surface area contributed by atoms with Crippen LogP contribution in [0.3, 0.4) is 0 Å². The molecule has 0 spiro atoms. The molecule has 0 saturated carbocycles. The first-order valence-electron chi connectivity index (χ1n) is 5.51. The largest absolute Gasteiger partial charge is 0.336 e. The fourth-order valence-electron chi connectivity index (χ4n) is 1.99. The summed E-state index contributed by atoms with van der Waals surface area (Å²) in [7, 11) is 0. The number of carbonyl (C=O) groups excluding carboxylic acids is 1. The van der Waals surface area contributed by atoms with Crippen LogP contribution in [-0.4, -0.2) is 22.3 Å². The molecule has 3 nitrogen and oxygen atoms in total. The van der Waals surface area contributed by atoms with Gasteiger partial charge in [-0.05, 0) is 24.6 Å². The normalized spacial score (nSPS) is 20.2. The van der Waals surface area contributed by atoms with Crippen molar-refractivity contribution in [2.45, 2.75) is 19.9 Å². The van der Waals surface area contributed by atoms with E-state index in [4.69, 9.17) is 0 Å².